The van der Waals surface area contributed by atoms with E-state index < -0.39 is 0 Å². The summed E-state index contributed by atoms with van der Waals surface area (Å²) < 4.78 is 10.7. The van der Waals surface area contributed by atoms with E-state index in [1.807, 2.05) is 11.9 Å². The van der Waals surface area contributed by atoms with Crippen LogP contribution in [0.15, 0.2) is 0 Å². The largest absolute Gasteiger partial charge is 0.396 e. The minimum Gasteiger partial charge on any atom is -0.396 e. The molecule has 5 N–H and O–H groups in total. The van der Waals surface area contributed by atoms with E-state index in [1.54, 1.807) is 14.2 Å². The normalized spacial score (nSPS) is 19.4. The highest BCUT2D eigenvalue weighted by Crippen LogP contribution is 2.26. The number of likely N-dealkylation sites (N-methyl/N-ethyl adjacent to an activating group) is 1. The summed E-state index contributed by atoms with van der Waals surface area (Å²) in [5, 5.41) is 32.4. The van der Waals surface area contributed by atoms with E-state index in [4.69, 9.17) is 56.9 Å². The molecule has 0 spiro atoms. The molecule has 4 fully saturated rings. The fourth-order valence-electron chi connectivity index (χ4n) is 6.49. The van der Waals surface area contributed by atoms with Crippen molar-refractivity contribution in [3.05, 3.63) is 0 Å². The Morgan fingerprint density at radius 1 is 0.673 bits per heavy atom. The third-order valence-corrected chi connectivity index (χ3v) is 10.1. The van der Waals surface area contributed by atoms with Gasteiger partial charge in [0.15, 0.2) is 5.79 Å². The van der Waals surface area contributed by atoms with E-state index in [0.29, 0.717) is 32.3 Å². The molecule has 0 saturated carbocycles. The van der Waals surface area contributed by atoms with Gasteiger partial charge in [0.1, 0.15) is 0 Å². The van der Waals surface area contributed by atoms with Crippen LogP contribution in [0.2, 0.25) is 0 Å². The Labute approximate surface area is 336 Å². The number of piperidine rings is 3. The number of ether oxygens (including phenoxy) is 2. The van der Waals surface area contributed by atoms with Gasteiger partial charge in [-0.1, -0.05) is 29.6 Å². The molecule has 55 heavy (non-hydrogen) atoms. The van der Waals surface area contributed by atoms with Gasteiger partial charge in [0.2, 0.25) is 0 Å². The molecule has 0 aromatic carbocycles. The van der Waals surface area contributed by atoms with Gasteiger partial charge in [-0.2, -0.15) is 0 Å². The monoisotopic (exact) mass is 770 g/mol. The van der Waals surface area contributed by atoms with Gasteiger partial charge in [0, 0.05) is 92.1 Å². The fourth-order valence-corrected chi connectivity index (χ4v) is 6.49. The molecule has 12 heteroatoms. The van der Waals surface area contributed by atoms with Gasteiger partial charge in [-0.3, -0.25) is 24.5 Å². The van der Waals surface area contributed by atoms with Crippen molar-refractivity contribution < 1.29 is 24.8 Å². The minimum absolute atomic E-state index is 0.179. The average molecular weight is 770 g/mol. The molecule has 4 aliphatic heterocycles. The fraction of sp³-hybridized carbons (Fsp3) is 0.767. The number of hydrogen-bond donors (Lipinski definition) is 5. The number of methoxy groups -OCH3 is 2. The molecule has 4 rings (SSSR count). The summed E-state index contributed by atoms with van der Waals surface area (Å²) in [6.07, 6.45) is 33.3. The first-order valence-corrected chi connectivity index (χ1v) is 19.9. The number of rotatable bonds is 14. The number of hydrogen-bond acceptors (Lipinski definition) is 12. The maximum atomic E-state index is 8.74. The van der Waals surface area contributed by atoms with Gasteiger partial charge in [-0.25, -0.2) is 0 Å². The Morgan fingerprint density at radius 3 is 1.62 bits per heavy atom. The number of aliphatic hydroxyl groups is 3. The Balaban J connectivity index is 0.000000669. The van der Waals surface area contributed by atoms with Crippen LogP contribution < -0.4 is 10.6 Å². The van der Waals surface area contributed by atoms with Crippen LogP contribution in [0.5, 0.6) is 0 Å². The van der Waals surface area contributed by atoms with Crippen molar-refractivity contribution in [2.24, 2.45) is 5.92 Å². The quantitative estimate of drug-likeness (QED) is 0.122. The third kappa shape index (κ3) is 26.7. The van der Waals surface area contributed by atoms with Crippen molar-refractivity contribution in [2.75, 3.05) is 152 Å². The lowest BCUT2D eigenvalue weighted by atomic mass is 9.94. The molecule has 312 valence electrons. The molecular weight excluding hydrogens is 695 g/mol. The SMILES string of the molecule is C#CCN(C)CCO.C#CCN1CCC(CCO)CC1.C#CCN1CCC(OC)(OC)CC1.C#CCN1CCN(CCO)CC1.C#CCNC1CCNCC1. The van der Waals surface area contributed by atoms with E-state index in [-0.39, 0.29) is 19.0 Å². The van der Waals surface area contributed by atoms with Gasteiger partial charge in [0.25, 0.3) is 0 Å². The maximum Gasteiger partial charge on any atom is 0.169 e. The molecule has 0 aromatic heterocycles. The first kappa shape index (κ1) is 52.3. The van der Waals surface area contributed by atoms with Gasteiger partial charge >= 0.3 is 0 Å². The lowest BCUT2D eigenvalue weighted by Gasteiger charge is -2.38. The van der Waals surface area contributed by atoms with Gasteiger partial charge in [-0.05, 0) is 71.2 Å². The lowest BCUT2D eigenvalue weighted by molar-refractivity contribution is -0.228. The van der Waals surface area contributed by atoms with Crippen LogP contribution in [0.4, 0.5) is 0 Å². The molecule has 4 aliphatic rings. The molecule has 0 radical (unpaired) electrons. The number of aliphatic hydroxyl groups excluding tert-OH is 3. The van der Waals surface area contributed by atoms with E-state index in [2.05, 4.69) is 59.8 Å². The summed E-state index contributed by atoms with van der Waals surface area (Å²) in [4.78, 5) is 10.9. The predicted octanol–water partition coefficient (Wildman–Crippen LogP) is 0.153. The van der Waals surface area contributed by atoms with Crippen molar-refractivity contribution in [1.29, 1.82) is 0 Å². The first-order chi connectivity index (χ1) is 26.7. The lowest BCUT2D eigenvalue weighted by Crippen LogP contribution is -2.47. The molecule has 0 amide bonds. The van der Waals surface area contributed by atoms with E-state index in [1.165, 1.54) is 25.7 Å². The van der Waals surface area contributed by atoms with Gasteiger partial charge in [0.05, 0.1) is 45.9 Å². The van der Waals surface area contributed by atoms with E-state index in [9.17, 15) is 0 Å². The molecular formula is C43H75N7O5. The van der Waals surface area contributed by atoms with Gasteiger partial charge in [-0.15, -0.1) is 32.1 Å². The van der Waals surface area contributed by atoms with Crippen molar-refractivity contribution >= 4 is 0 Å². The topological polar surface area (TPSA) is 119 Å². The number of terminal acetylenes is 5. The molecule has 0 aliphatic carbocycles. The van der Waals surface area contributed by atoms with Crippen molar-refractivity contribution in [3.63, 3.8) is 0 Å². The van der Waals surface area contributed by atoms with E-state index >= 15 is 0 Å². The number of nitrogens with zero attached hydrogens (tertiary/aromatic N) is 5. The van der Waals surface area contributed by atoms with Crippen LogP contribution in [0.25, 0.3) is 0 Å². The second-order valence-corrected chi connectivity index (χ2v) is 14.1. The molecule has 0 bridgehead atoms. The highest BCUT2D eigenvalue weighted by Gasteiger charge is 2.34. The average Bonchev–Trinajstić information content (AvgIpc) is 3.21. The van der Waals surface area contributed by atoms with Crippen LogP contribution in [0, 0.1) is 67.6 Å². The Kier molecular flexibility index (Phi) is 34.0. The predicted molar refractivity (Wildman–Crippen MR) is 226 cm³/mol. The first-order valence-electron chi connectivity index (χ1n) is 19.9. The van der Waals surface area contributed by atoms with Crippen molar-refractivity contribution in [1.82, 2.24) is 35.1 Å². The van der Waals surface area contributed by atoms with Crippen LogP contribution >= 0.6 is 0 Å². The third-order valence-electron chi connectivity index (χ3n) is 10.1. The zero-order chi connectivity index (χ0) is 41.0. The Hall–Kier alpha value is -2.68. The summed E-state index contributed by atoms with van der Waals surface area (Å²) in [5.41, 5.74) is 0. The van der Waals surface area contributed by atoms with Gasteiger partial charge < -0.3 is 35.4 Å². The second kappa shape index (κ2) is 35.7. The second-order valence-electron chi connectivity index (χ2n) is 14.1. The number of nitrogens with one attached hydrogen (secondary N) is 2. The zero-order valence-corrected chi connectivity index (χ0v) is 34.5. The molecule has 0 aromatic rings. The zero-order valence-electron chi connectivity index (χ0n) is 34.5. The number of likely N-dealkylation sites (tertiary alicyclic amines) is 2. The highest BCUT2D eigenvalue weighted by molar-refractivity contribution is 4.92. The summed E-state index contributed by atoms with van der Waals surface area (Å²) in [6.45, 7) is 16.3. The molecule has 4 saturated heterocycles. The molecule has 4 heterocycles. The molecule has 0 unspecified atom stereocenters. The van der Waals surface area contributed by atoms with E-state index in [0.717, 1.165) is 117 Å². The smallest absolute Gasteiger partial charge is 0.169 e. The Bertz CT molecular complexity index is 1070. The van der Waals surface area contributed by atoms with Crippen molar-refractivity contribution in [2.45, 2.75) is 56.8 Å². The van der Waals surface area contributed by atoms with Crippen LogP contribution in [-0.4, -0.2) is 204 Å². The van der Waals surface area contributed by atoms with Crippen molar-refractivity contribution in [3.8, 4) is 61.7 Å². The summed E-state index contributed by atoms with van der Waals surface area (Å²) >= 11 is 0. The van der Waals surface area contributed by atoms with Crippen LogP contribution in [-0.2, 0) is 9.47 Å². The summed E-state index contributed by atoms with van der Waals surface area (Å²) in [7, 11) is 5.26. The highest BCUT2D eigenvalue weighted by atomic mass is 16.7. The molecule has 0 atom stereocenters. The van der Waals surface area contributed by atoms with Crippen LogP contribution in [0.1, 0.15) is 44.9 Å². The standard InChI is InChI=1S/C10H17NO2.C10H17NO.C9H16N2O.C8H14N2.C6H11NO/c1-4-7-11-8-5-10(12-2,13-3)6-9-11;1-2-6-11-7-3-10(4-8-11)5-9-12;1-2-3-10-4-6-11(7-5-10)8-9-12;1-2-5-10-8-3-6-9-7-4-8;1-3-4-7(2)5-6-8/h1H,5-9H2,2-3H3;1,10,12H,3-9H2;1,12H,3-9H2;1,8-10H,3-7H2;1,8H,4-6H2,2H3. The molecule has 12 nitrogen and oxygen atoms in total. The Morgan fingerprint density at radius 2 is 1.18 bits per heavy atom. The number of piperazine rings is 1. The summed E-state index contributed by atoms with van der Waals surface area (Å²) in [6, 6.07) is 0.650. The minimum atomic E-state index is -0.370. The summed E-state index contributed by atoms with van der Waals surface area (Å²) in [5.74, 6) is 13.4. The maximum absolute atomic E-state index is 8.74. The van der Waals surface area contributed by atoms with Crippen LogP contribution in [0.3, 0.4) is 0 Å². The number of β-amino-alcohol motifs (C(OH)–C–C–N with tert-alkyl or cyclic N) is 1.